The molecule has 198 valence electrons. The van der Waals surface area contributed by atoms with Gasteiger partial charge in [0.2, 0.25) is 5.91 Å². The number of ketones is 1. The van der Waals surface area contributed by atoms with Gasteiger partial charge < -0.3 is 15.7 Å². The number of benzene rings is 2. The Labute approximate surface area is 227 Å². The molecule has 1 aliphatic carbocycles. The van der Waals surface area contributed by atoms with Crippen molar-refractivity contribution >= 4 is 40.6 Å². The monoisotopic (exact) mass is 546 g/mol. The zero-order valence-corrected chi connectivity index (χ0v) is 23.0. The Kier molecular flexibility index (Phi) is 6.51. The number of halogens is 3. The van der Waals surface area contributed by atoms with Gasteiger partial charge in [0.15, 0.2) is 5.78 Å². The number of nitrogens with one attached hydrogen (secondary N) is 2. The number of carbonyl (C=O) groups is 2. The lowest BCUT2D eigenvalue weighted by atomic mass is 9.61. The smallest absolute Gasteiger partial charge is 0.237 e. The van der Waals surface area contributed by atoms with E-state index in [0.29, 0.717) is 40.6 Å². The molecule has 5 rings (SSSR count). The van der Waals surface area contributed by atoms with Crippen molar-refractivity contribution in [3.8, 4) is 0 Å². The van der Waals surface area contributed by atoms with Crippen molar-refractivity contribution in [2.45, 2.75) is 82.4 Å². The van der Waals surface area contributed by atoms with Gasteiger partial charge in [-0.1, -0.05) is 50.0 Å². The van der Waals surface area contributed by atoms with Crippen LogP contribution in [0.3, 0.4) is 0 Å². The van der Waals surface area contributed by atoms with Crippen molar-refractivity contribution in [2.75, 3.05) is 5.32 Å². The number of Topliss-reactive ketones (excluding diaryl/α,β-unsaturated/α-hetero) is 1. The van der Waals surface area contributed by atoms with Gasteiger partial charge in [0.05, 0.1) is 11.6 Å². The van der Waals surface area contributed by atoms with Gasteiger partial charge in [-0.3, -0.25) is 9.59 Å². The maximum Gasteiger partial charge on any atom is 0.237 e. The standard InChI is InChI=1S/C29H33Cl2FN2O3/c1-27(2,3)14-23-29(19-7-5-17(31)11-21(19)33-26(29)36)24(18-10-16(30)6-8-20(18)32)25(34-23)22(35)9-15-12-28(4,37)13-15/h5-8,10-11,15,23-25,34,37H,9,12-14H2,1-4H3,(H,33,36)/t15?,23-,24-,25-,28?,29+/m0/s1. The Morgan fingerprint density at radius 3 is 2.43 bits per heavy atom. The minimum absolute atomic E-state index is 0.0512. The van der Waals surface area contributed by atoms with E-state index in [9.17, 15) is 14.7 Å². The fraction of sp³-hybridized carbons (Fsp3) is 0.517. The van der Waals surface area contributed by atoms with Crippen LogP contribution in [0, 0.1) is 17.2 Å². The Morgan fingerprint density at radius 1 is 1.14 bits per heavy atom. The van der Waals surface area contributed by atoms with Crippen LogP contribution >= 0.6 is 23.2 Å². The molecule has 3 N–H and O–H groups in total. The molecule has 3 aliphatic rings. The maximum absolute atomic E-state index is 15.6. The number of rotatable bonds is 5. The zero-order chi connectivity index (χ0) is 26.9. The summed E-state index contributed by atoms with van der Waals surface area (Å²) in [5.41, 5.74) is -0.671. The summed E-state index contributed by atoms with van der Waals surface area (Å²) in [7, 11) is 0. The van der Waals surface area contributed by atoms with Crippen LogP contribution in [0.15, 0.2) is 36.4 Å². The number of fused-ring (bicyclic) bond motifs is 2. The van der Waals surface area contributed by atoms with Crippen LogP contribution in [0.5, 0.6) is 0 Å². The first-order chi connectivity index (χ1) is 17.2. The quantitative estimate of drug-likeness (QED) is 0.429. The van der Waals surface area contributed by atoms with Gasteiger partial charge in [-0.15, -0.1) is 0 Å². The molecule has 2 aliphatic heterocycles. The minimum Gasteiger partial charge on any atom is -0.390 e. The summed E-state index contributed by atoms with van der Waals surface area (Å²) in [6.45, 7) is 8.01. The van der Waals surface area contributed by atoms with E-state index in [4.69, 9.17) is 23.2 Å². The first kappa shape index (κ1) is 26.6. The predicted molar refractivity (Wildman–Crippen MR) is 144 cm³/mol. The van der Waals surface area contributed by atoms with Gasteiger partial charge in [-0.25, -0.2) is 4.39 Å². The summed E-state index contributed by atoms with van der Waals surface area (Å²) in [6.07, 6.45) is 1.91. The van der Waals surface area contributed by atoms with Crippen molar-refractivity contribution in [2.24, 2.45) is 11.3 Å². The van der Waals surface area contributed by atoms with Gasteiger partial charge in [0.1, 0.15) is 11.2 Å². The Balaban J connectivity index is 1.69. The molecule has 2 heterocycles. The number of amides is 1. The Hall–Kier alpha value is -1.99. The van der Waals surface area contributed by atoms with Crippen LogP contribution < -0.4 is 10.6 Å². The summed E-state index contributed by atoms with van der Waals surface area (Å²) in [5, 5.41) is 17.5. The number of hydrogen-bond acceptors (Lipinski definition) is 4. The van der Waals surface area contributed by atoms with E-state index in [1.165, 1.54) is 12.1 Å². The third kappa shape index (κ3) is 4.60. The average molecular weight is 547 g/mol. The molecule has 0 unspecified atom stereocenters. The fourth-order valence-corrected chi connectivity index (χ4v) is 7.29. The van der Waals surface area contributed by atoms with Crippen molar-refractivity contribution in [3.63, 3.8) is 0 Å². The van der Waals surface area contributed by atoms with Crippen molar-refractivity contribution in [1.29, 1.82) is 0 Å². The molecule has 8 heteroatoms. The third-order valence-electron chi connectivity index (χ3n) is 8.21. The van der Waals surface area contributed by atoms with Crippen LogP contribution in [-0.4, -0.2) is 34.5 Å². The third-order valence-corrected chi connectivity index (χ3v) is 8.68. The first-order valence-electron chi connectivity index (χ1n) is 12.8. The van der Waals surface area contributed by atoms with Crippen LogP contribution in [0.2, 0.25) is 10.0 Å². The molecular formula is C29H33Cl2FN2O3. The summed E-state index contributed by atoms with van der Waals surface area (Å²) in [5.74, 6) is -1.65. The molecule has 1 spiro atoms. The van der Waals surface area contributed by atoms with Crippen molar-refractivity contribution in [3.05, 3.63) is 63.4 Å². The highest BCUT2D eigenvalue weighted by molar-refractivity contribution is 6.31. The van der Waals surface area contributed by atoms with Crippen LogP contribution in [0.1, 0.15) is 70.4 Å². The lowest BCUT2D eigenvalue weighted by Crippen LogP contribution is -2.49. The van der Waals surface area contributed by atoms with Gasteiger partial charge in [-0.05, 0) is 79.0 Å². The van der Waals surface area contributed by atoms with E-state index in [-0.39, 0.29) is 35.0 Å². The molecule has 0 radical (unpaired) electrons. The van der Waals surface area contributed by atoms with Gasteiger partial charge in [0, 0.05) is 34.1 Å². The molecule has 1 amide bonds. The second kappa shape index (κ2) is 9.04. The SMILES string of the molecule is CC(C)(C)C[C@@H]1N[C@@H](C(=O)CC2CC(C)(O)C2)[C@H](c2cc(Cl)ccc2F)[C@]12C(=O)Nc1cc(Cl)ccc12. The van der Waals surface area contributed by atoms with Gasteiger partial charge in [0.25, 0.3) is 0 Å². The van der Waals surface area contributed by atoms with E-state index >= 15 is 4.39 Å². The molecule has 0 aromatic heterocycles. The second-order valence-corrected chi connectivity index (χ2v) is 13.4. The highest BCUT2D eigenvalue weighted by atomic mass is 35.5. The van der Waals surface area contributed by atoms with E-state index in [1.807, 2.05) is 6.07 Å². The molecule has 1 saturated carbocycles. The van der Waals surface area contributed by atoms with Gasteiger partial charge >= 0.3 is 0 Å². The van der Waals surface area contributed by atoms with Crippen molar-refractivity contribution in [1.82, 2.24) is 5.32 Å². The van der Waals surface area contributed by atoms with Crippen LogP contribution in [0.25, 0.3) is 0 Å². The lowest BCUT2D eigenvalue weighted by Gasteiger charge is -2.41. The van der Waals surface area contributed by atoms with E-state index in [2.05, 4.69) is 31.4 Å². The van der Waals surface area contributed by atoms with Crippen LogP contribution in [-0.2, 0) is 15.0 Å². The Morgan fingerprint density at radius 2 is 1.78 bits per heavy atom. The molecule has 2 fully saturated rings. The topological polar surface area (TPSA) is 78.4 Å². The number of carbonyl (C=O) groups excluding carboxylic acids is 2. The molecule has 1 saturated heterocycles. The fourth-order valence-electron chi connectivity index (χ4n) is 6.94. The summed E-state index contributed by atoms with van der Waals surface area (Å²) in [4.78, 5) is 28.0. The second-order valence-electron chi connectivity index (χ2n) is 12.6. The Bertz CT molecular complexity index is 1270. The molecule has 5 nitrogen and oxygen atoms in total. The number of aliphatic hydroxyl groups is 1. The molecular weight excluding hydrogens is 514 g/mol. The summed E-state index contributed by atoms with van der Waals surface area (Å²) < 4.78 is 15.6. The van der Waals surface area contributed by atoms with Gasteiger partial charge in [-0.2, -0.15) is 0 Å². The van der Waals surface area contributed by atoms with E-state index in [1.54, 1.807) is 25.1 Å². The summed E-state index contributed by atoms with van der Waals surface area (Å²) >= 11 is 12.6. The molecule has 37 heavy (non-hydrogen) atoms. The molecule has 4 atom stereocenters. The average Bonchev–Trinajstić information content (AvgIpc) is 3.22. The molecule has 0 bridgehead atoms. The van der Waals surface area contributed by atoms with Crippen molar-refractivity contribution < 1.29 is 19.1 Å². The highest BCUT2D eigenvalue weighted by Crippen LogP contribution is 2.57. The molecule has 2 aromatic rings. The van der Waals surface area contributed by atoms with E-state index in [0.717, 1.165) is 0 Å². The zero-order valence-electron chi connectivity index (χ0n) is 21.5. The lowest BCUT2D eigenvalue weighted by molar-refractivity contribution is -0.126. The minimum atomic E-state index is -1.25. The normalized spacial score (nSPS) is 32.8. The van der Waals surface area contributed by atoms with Crippen LogP contribution in [0.4, 0.5) is 10.1 Å². The van der Waals surface area contributed by atoms with E-state index < -0.39 is 34.8 Å². The summed E-state index contributed by atoms with van der Waals surface area (Å²) in [6, 6.07) is 8.30. The maximum atomic E-state index is 15.6. The molecule has 2 aromatic carbocycles. The first-order valence-corrected chi connectivity index (χ1v) is 13.5. The largest absolute Gasteiger partial charge is 0.390 e. The highest BCUT2D eigenvalue weighted by Gasteiger charge is 2.66. The number of anilines is 1. The number of hydrogen-bond donors (Lipinski definition) is 3. The predicted octanol–water partition coefficient (Wildman–Crippen LogP) is 6.00.